The Bertz CT molecular complexity index is 647. The summed E-state index contributed by atoms with van der Waals surface area (Å²) in [4.78, 5) is 15.2. The van der Waals surface area contributed by atoms with Gasteiger partial charge >= 0.3 is 5.97 Å². The standard InChI is InChI=1S/C13H10ClFN2O2/c1-7-2-4-9(13(18)19)12(16-7)17-8-3-5-11(15)10(14)6-8/h2-6H,1H3,(H,16,17)(H,18,19). The average Bonchev–Trinajstić information content (AvgIpc) is 2.33. The van der Waals surface area contributed by atoms with Gasteiger partial charge in [0.25, 0.3) is 0 Å². The Balaban J connectivity index is 2.39. The third-order valence-electron chi connectivity index (χ3n) is 2.45. The van der Waals surface area contributed by atoms with E-state index in [9.17, 15) is 9.18 Å². The molecule has 0 amide bonds. The van der Waals surface area contributed by atoms with E-state index in [4.69, 9.17) is 16.7 Å². The van der Waals surface area contributed by atoms with Gasteiger partial charge in [0.2, 0.25) is 0 Å². The van der Waals surface area contributed by atoms with Gasteiger partial charge in [0, 0.05) is 11.4 Å². The van der Waals surface area contributed by atoms with Crippen LogP contribution in [0.15, 0.2) is 30.3 Å². The van der Waals surface area contributed by atoms with Crippen molar-refractivity contribution in [2.24, 2.45) is 0 Å². The molecule has 1 heterocycles. The zero-order chi connectivity index (χ0) is 14.0. The average molecular weight is 281 g/mol. The van der Waals surface area contributed by atoms with Gasteiger partial charge in [-0.05, 0) is 37.3 Å². The predicted octanol–water partition coefficient (Wildman–Crippen LogP) is 3.62. The number of rotatable bonds is 3. The number of aromatic carboxylic acids is 1. The molecule has 0 spiro atoms. The van der Waals surface area contributed by atoms with E-state index < -0.39 is 11.8 Å². The smallest absolute Gasteiger partial charge is 0.339 e. The van der Waals surface area contributed by atoms with Gasteiger partial charge in [-0.15, -0.1) is 0 Å². The first kappa shape index (κ1) is 13.3. The van der Waals surface area contributed by atoms with Crippen LogP contribution >= 0.6 is 11.6 Å². The van der Waals surface area contributed by atoms with E-state index in [0.29, 0.717) is 11.4 Å². The number of benzene rings is 1. The summed E-state index contributed by atoms with van der Waals surface area (Å²) in [5.41, 5.74) is 1.17. The third kappa shape index (κ3) is 3.00. The van der Waals surface area contributed by atoms with E-state index in [1.807, 2.05) is 0 Å². The van der Waals surface area contributed by atoms with Gasteiger partial charge in [-0.1, -0.05) is 11.6 Å². The van der Waals surface area contributed by atoms with Crippen LogP contribution in [0.2, 0.25) is 5.02 Å². The third-order valence-corrected chi connectivity index (χ3v) is 2.74. The highest BCUT2D eigenvalue weighted by Crippen LogP contribution is 2.24. The number of nitrogens with one attached hydrogen (secondary N) is 1. The van der Waals surface area contributed by atoms with E-state index in [1.165, 1.54) is 24.3 Å². The second kappa shape index (κ2) is 5.24. The topological polar surface area (TPSA) is 62.2 Å². The van der Waals surface area contributed by atoms with E-state index in [-0.39, 0.29) is 16.4 Å². The normalized spacial score (nSPS) is 10.3. The quantitative estimate of drug-likeness (QED) is 0.901. The maximum atomic E-state index is 13.0. The molecule has 0 fully saturated rings. The van der Waals surface area contributed by atoms with Crippen LogP contribution in [-0.2, 0) is 0 Å². The summed E-state index contributed by atoms with van der Waals surface area (Å²) in [5, 5.41) is 11.8. The highest BCUT2D eigenvalue weighted by molar-refractivity contribution is 6.31. The molecule has 98 valence electrons. The molecule has 1 aromatic carbocycles. The van der Waals surface area contributed by atoms with Gasteiger partial charge in [0.05, 0.1) is 5.02 Å². The van der Waals surface area contributed by atoms with Crippen molar-refractivity contribution in [3.63, 3.8) is 0 Å². The molecule has 2 N–H and O–H groups in total. The van der Waals surface area contributed by atoms with Crippen molar-refractivity contribution < 1.29 is 14.3 Å². The lowest BCUT2D eigenvalue weighted by molar-refractivity contribution is 0.0697. The van der Waals surface area contributed by atoms with Crippen LogP contribution in [0.3, 0.4) is 0 Å². The summed E-state index contributed by atoms with van der Waals surface area (Å²) in [7, 11) is 0. The molecule has 1 aromatic heterocycles. The van der Waals surface area contributed by atoms with Crippen molar-refractivity contribution in [2.75, 3.05) is 5.32 Å². The molecule has 0 radical (unpaired) electrons. The molecule has 0 aliphatic carbocycles. The van der Waals surface area contributed by atoms with Crippen molar-refractivity contribution in [1.82, 2.24) is 4.98 Å². The van der Waals surface area contributed by atoms with E-state index in [2.05, 4.69) is 10.3 Å². The maximum Gasteiger partial charge on any atom is 0.339 e. The molecule has 0 saturated carbocycles. The molecule has 0 unspecified atom stereocenters. The van der Waals surface area contributed by atoms with E-state index >= 15 is 0 Å². The molecule has 19 heavy (non-hydrogen) atoms. The number of carboxylic acids is 1. The molecule has 0 saturated heterocycles. The zero-order valence-corrected chi connectivity index (χ0v) is 10.7. The summed E-state index contributed by atoms with van der Waals surface area (Å²) in [5.74, 6) is -1.44. The van der Waals surface area contributed by atoms with Gasteiger partial charge < -0.3 is 10.4 Å². The van der Waals surface area contributed by atoms with Crippen molar-refractivity contribution >= 4 is 29.1 Å². The van der Waals surface area contributed by atoms with Gasteiger partial charge in [0.15, 0.2) is 0 Å². The molecule has 2 rings (SSSR count). The summed E-state index contributed by atoms with van der Waals surface area (Å²) < 4.78 is 13.0. The molecular formula is C13H10ClFN2O2. The summed E-state index contributed by atoms with van der Waals surface area (Å²) in [6, 6.07) is 7.08. The summed E-state index contributed by atoms with van der Waals surface area (Å²) >= 11 is 5.66. The van der Waals surface area contributed by atoms with Crippen LogP contribution in [0, 0.1) is 12.7 Å². The van der Waals surface area contributed by atoms with Crippen molar-refractivity contribution in [3.05, 3.63) is 52.4 Å². The van der Waals surface area contributed by atoms with Crippen molar-refractivity contribution in [2.45, 2.75) is 6.92 Å². The minimum Gasteiger partial charge on any atom is -0.478 e. The van der Waals surface area contributed by atoms with Crippen LogP contribution in [0.4, 0.5) is 15.9 Å². The van der Waals surface area contributed by atoms with Gasteiger partial charge in [0.1, 0.15) is 17.2 Å². The summed E-state index contributed by atoms with van der Waals surface area (Å²) in [6.07, 6.45) is 0. The fourth-order valence-corrected chi connectivity index (χ4v) is 1.72. The number of anilines is 2. The predicted molar refractivity (Wildman–Crippen MR) is 70.6 cm³/mol. The molecule has 2 aromatic rings. The Morgan fingerprint density at radius 2 is 2.11 bits per heavy atom. The Kier molecular flexibility index (Phi) is 3.66. The fourth-order valence-electron chi connectivity index (χ4n) is 1.54. The minimum absolute atomic E-state index is 0.0334. The number of carbonyl (C=O) groups is 1. The number of nitrogens with zero attached hydrogens (tertiary/aromatic N) is 1. The van der Waals surface area contributed by atoms with Crippen LogP contribution < -0.4 is 5.32 Å². The van der Waals surface area contributed by atoms with E-state index in [1.54, 1.807) is 13.0 Å². The Morgan fingerprint density at radius 3 is 2.74 bits per heavy atom. The number of pyridine rings is 1. The lowest BCUT2D eigenvalue weighted by Gasteiger charge is -2.10. The zero-order valence-electron chi connectivity index (χ0n) is 9.95. The largest absolute Gasteiger partial charge is 0.478 e. The van der Waals surface area contributed by atoms with Gasteiger partial charge in [-0.25, -0.2) is 14.2 Å². The fraction of sp³-hybridized carbons (Fsp3) is 0.0769. The highest BCUT2D eigenvalue weighted by Gasteiger charge is 2.12. The number of aryl methyl sites for hydroxylation is 1. The number of aromatic nitrogens is 1. The Labute approximate surface area is 113 Å². The SMILES string of the molecule is Cc1ccc(C(=O)O)c(Nc2ccc(F)c(Cl)c2)n1. The molecule has 0 aliphatic heterocycles. The highest BCUT2D eigenvalue weighted by atomic mass is 35.5. The first-order valence-corrected chi connectivity index (χ1v) is 5.78. The minimum atomic E-state index is -1.09. The number of hydrogen-bond donors (Lipinski definition) is 2. The molecular weight excluding hydrogens is 271 g/mol. The maximum absolute atomic E-state index is 13.0. The van der Waals surface area contributed by atoms with Crippen LogP contribution in [0.1, 0.15) is 16.1 Å². The van der Waals surface area contributed by atoms with Crippen molar-refractivity contribution in [3.8, 4) is 0 Å². The summed E-state index contributed by atoms with van der Waals surface area (Å²) in [6.45, 7) is 1.74. The van der Waals surface area contributed by atoms with Crippen LogP contribution in [0.5, 0.6) is 0 Å². The second-order valence-electron chi connectivity index (χ2n) is 3.91. The molecule has 6 heteroatoms. The second-order valence-corrected chi connectivity index (χ2v) is 4.32. The monoisotopic (exact) mass is 280 g/mol. The van der Waals surface area contributed by atoms with Gasteiger partial charge in [-0.3, -0.25) is 0 Å². The lowest BCUT2D eigenvalue weighted by Crippen LogP contribution is -2.05. The van der Waals surface area contributed by atoms with Crippen LogP contribution in [0.25, 0.3) is 0 Å². The number of hydrogen-bond acceptors (Lipinski definition) is 3. The Hall–Kier alpha value is -2.14. The lowest BCUT2D eigenvalue weighted by atomic mass is 10.2. The number of carboxylic acid groups (broad SMARTS) is 1. The Morgan fingerprint density at radius 1 is 1.37 bits per heavy atom. The first-order valence-electron chi connectivity index (χ1n) is 5.40. The molecule has 0 aliphatic rings. The molecule has 0 bridgehead atoms. The molecule has 4 nitrogen and oxygen atoms in total. The first-order chi connectivity index (χ1) is 8.97. The number of halogens is 2. The molecule has 0 atom stereocenters. The van der Waals surface area contributed by atoms with E-state index in [0.717, 1.165) is 0 Å². The van der Waals surface area contributed by atoms with Gasteiger partial charge in [-0.2, -0.15) is 0 Å². The van der Waals surface area contributed by atoms with Crippen molar-refractivity contribution in [1.29, 1.82) is 0 Å². The van der Waals surface area contributed by atoms with Crippen LogP contribution in [-0.4, -0.2) is 16.1 Å².